The van der Waals surface area contributed by atoms with Crippen LogP contribution in [0.3, 0.4) is 0 Å². The lowest BCUT2D eigenvalue weighted by Crippen LogP contribution is -1.97. The zero-order chi connectivity index (χ0) is 20.6. The Hall–Kier alpha value is -2.95. The van der Waals surface area contributed by atoms with Crippen LogP contribution in [0.2, 0.25) is 0 Å². The Morgan fingerprint density at radius 3 is 2.21 bits per heavy atom. The smallest absolute Gasteiger partial charge is 0.186 e. The molecule has 29 heavy (non-hydrogen) atoms. The monoisotopic (exact) mass is 510 g/mol. The summed E-state index contributed by atoms with van der Waals surface area (Å²) in [5.74, 6) is 0. The van der Waals surface area contributed by atoms with Crippen LogP contribution in [0.1, 0.15) is 11.1 Å². The quantitative estimate of drug-likeness (QED) is 0.208. The number of hydrogen-bond acceptors (Lipinski definition) is 4. The second-order valence-corrected chi connectivity index (χ2v) is 7.89. The van der Waals surface area contributed by atoms with Gasteiger partial charge in [-0.05, 0) is 42.0 Å². The van der Waals surface area contributed by atoms with Crippen LogP contribution in [0.4, 0.5) is 0 Å². The summed E-state index contributed by atoms with van der Waals surface area (Å²) in [6.07, 6.45) is 1.90. The first-order valence-corrected chi connectivity index (χ1v) is 10.2. The van der Waals surface area contributed by atoms with Crippen LogP contribution in [0, 0.1) is 11.3 Å². The summed E-state index contributed by atoms with van der Waals surface area (Å²) in [4.78, 5) is 4.39. The minimum atomic E-state index is 0.0162. The highest BCUT2D eigenvalue weighted by Crippen LogP contribution is 2.16. The lowest BCUT2D eigenvalue weighted by atomic mass is 10.1. The number of rotatable bonds is 3. The van der Waals surface area contributed by atoms with E-state index in [4.69, 9.17) is 10.5 Å². The normalized spacial score (nSPS) is 10.9. The number of benzene rings is 3. The molecule has 1 heterocycles. The van der Waals surface area contributed by atoms with Gasteiger partial charge in [0.15, 0.2) is 5.71 Å². The molecule has 1 aromatic heterocycles. The third-order valence-corrected chi connectivity index (χ3v) is 5.17. The van der Waals surface area contributed by atoms with Crippen molar-refractivity contribution in [1.82, 2.24) is 9.55 Å². The van der Waals surface area contributed by atoms with Gasteiger partial charge in [0.25, 0.3) is 0 Å². The summed E-state index contributed by atoms with van der Waals surface area (Å²) in [6, 6.07) is 25.3. The van der Waals surface area contributed by atoms with Gasteiger partial charge in [0.05, 0.1) is 17.4 Å². The largest absolute Gasteiger partial charge is 0.410 e. The molecule has 7 heteroatoms. The highest BCUT2D eigenvalue weighted by molar-refractivity contribution is 9.10. The van der Waals surface area contributed by atoms with Gasteiger partial charge in [-0.3, -0.25) is 0 Å². The maximum Gasteiger partial charge on any atom is 0.186 e. The van der Waals surface area contributed by atoms with Gasteiger partial charge in [0.2, 0.25) is 0 Å². The minimum Gasteiger partial charge on any atom is -0.410 e. The molecule has 0 unspecified atom stereocenters. The average Bonchev–Trinajstić information content (AvgIpc) is 3.15. The Balaban J connectivity index is 0.000000177. The van der Waals surface area contributed by atoms with E-state index in [1.807, 2.05) is 24.5 Å². The van der Waals surface area contributed by atoms with Gasteiger partial charge in [0, 0.05) is 21.1 Å². The molecule has 0 saturated heterocycles. The molecular weight excluding hydrogens is 496 g/mol. The fourth-order valence-electron chi connectivity index (χ4n) is 2.68. The zero-order valence-electron chi connectivity index (χ0n) is 15.2. The molecule has 5 nitrogen and oxygen atoms in total. The number of para-hydroxylation sites is 2. The lowest BCUT2D eigenvalue weighted by Gasteiger charge is -2.04. The number of nitriles is 1. The van der Waals surface area contributed by atoms with E-state index in [0.717, 1.165) is 21.0 Å². The molecule has 0 saturated carbocycles. The molecular formula is C22H16Br2N4O. The summed E-state index contributed by atoms with van der Waals surface area (Å²) in [5.41, 5.74) is 4.11. The van der Waals surface area contributed by atoms with Gasteiger partial charge in [-0.1, -0.05) is 73.4 Å². The van der Waals surface area contributed by atoms with Gasteiger partial charge < -0.3 is 9.77 Å². The van der Waals surface area contributed by atoms with Gasteiger partial charge in [-0.25, -0.2) is 4.98 Å². The molecule has 0 radical (unpaired) electrons. The third kappa shape index (κ3) is 5.53. The van der Waals surface area contributed by atoms with Crippen LogP contribution in [0.5, 0.6) is 0 Å². The standard InChI is InChI=1S/C14H11BrN2.C8H5BrN2O/c15-12-7-5-11(6-8-12)9-17-10-16-13-3-1-2-4-14(13)17;9-7-3-1-6(2-4-7)8(5-10)11-12/h1-8,10H,9H2;1-4,12H/b;11-8+. The number of oxime groups is 1. The van der Waals surface area contributed by atoms with Crippen LogP contribution >= 0.6 is 31.9 Å². The van der Waals surface area contributed by atoms with Crippen molar-refractivity contribution in [3.63, 3.8) is 0 Å². The SMILES string of the molecule is Brc1ccc(Cn2cnc3ccccc32)cc1.N#C/C(=N\O)c1ccc(Br)cc1. The van der Waals surface area contributed by atoms with Crippen molar-refractivity contribution >= 4 is 48.6 Å². The van der Waals surface area contributed by atoms with E-state index in [9.17, 15) is 0 Å². The molecule has 0 aliphatic carbocycles. The van der Waals surface area contributed by atoms with Crippen molar-refractivity contribution in [2.45, 2.75) is 6.54 Å². The first kappa shape index (κ1) is 20.8. The predicted molar refractivity (Wildman–Crippen MR) is 121 cm³/mol. The van der Waals surface area contributed by atoms with Crippen LogP contribution in [0.25, 0.3) is 11.0 Å². The van der Waals surface area contributed by atoms with Gasteiger partial charge in [-0.2, -0.15) is 5.26 Å². The minimum absolute atomic E-state index is 0.0162. The van der Waals surface area contributed by atoms with Crippen molar-refractivity contribution in [3.05, 3.63) is 99.2 Å². The molecule has 0 fully saturated rings. The lowest BCUT2D eigenvalue weighted by molar-refractivity contribution is 0.320. The molecule has 0 aliphatic heterocycles. The van der Waals surface area contributed by atoms with Crippen LogP contribution in [-0.4, -0.2) is 20.5 Å². The van der Waals surface area contributed by atoms with Crippen LogP contribution in [0.15, 0.2) is 93.2 Å². The Bertz CT molecular complexity index is 1160. The Morgan fingerprint density at radius 2 is 1.59 bits per heavy atom. The summed E-state index contributed by atoms with van der Waals surface area (Å²) >= 11 is 6.70. The molecule has 1 N–H and O–H groups in total. The molecule has 0 bridgehead atoms. The second-order valence-electron chi connectivity index (χ2n) is 6.05. The van der Waals surface area contributed by atoms with E-state index in [-0.39, 0.29) is 5.71 Å². The molecule has 4 rings (SSSR count). The van der Waals surface area contributed by atoms with Gasteiger partial charge in [0.1, 0.15) is 6.07 Å². The summed E-state index contributed by atoms with van der Waals surface area (Å²) in [6.45, 7) is 0.855. The van der Waals surface area contributed by atoms with Crippen molar-refractivity contribution in [2.24, 2.45) is 5.16 Å². The predicted octanol–water partition coefficient (Wildman–Crippen LogP) is 6.00. The highest BCUT2D eigenvalue weighted by atomic mass is 79.9. The second kappa shape index (κ2) is 10.0. The Labute approximate surface area is 185 Å². The number of hydrogen-bond donors (Lipinski definition) is 1. The van der Waals surface area contributed by atoms with Crippen molar-refractivity contribution in [1.29, 1.82) is 5.26 Å². The molecule has 0 atom stereocenters. The summed E-state index contributed by atoms with van der Waals surface area (Å²) in [5, 5.41) is 19.7. The van der Waals surface area contributed by atoms with Crippen molar-refractivity contribution in [2.75, 3.05) is 0 Å². The van der Waals surface area contributed by atoms with Crippen molar-refractivity contribution < 1.29 is 5.21 Å². The third-order valence-electron chi connectivity index (χ3n) is 4.12. The summed E-state index contributed by atoms with van der Waals surface area (Å²) in [7, 11) is 0. The maximum absolute atomic E-state index is 8.50. The Morgan fingerprint density at radius 1 is 0.966 bits per heavy atom. The Kier molecular flexibility index (Phi) is 7.17. The number of halogens is 2. The zero-order valence-corrected chi connectivity index (χ0v) is 18.4. The van der Waals surface area contributed by atoms with Crippen LogP contribution < -0.4 is 0 Å². The average molecular weight is 512 g/mol. The highest BCUT2D eigenvalue weighted by Gasteiger charge is 2.02. The van der Waals surface area contributed by atoms with E-state index in [1.54, 1.807) is 30.3 Å². The molecule has 0 amide bonds. The topological polar surface area (TPSA) is 74.2 Å². The van der Waals surface area contributed by atoms with E-state index in [0.29, 0.717) is 5.56 Å². The number of nitrogens with zero attached hydrogens (tertiary/aromatic N) is 4. The van der Waals surface area contributed by atoms with Crippen molar-refractivity contribution in [3.8, 4) is 6.07 Å². The van der Waals surface area contributed by atoms with E-state index < -0.39 is 0 Å². The fourth-order valence-corrected chi connectivity index (χ4v) is 3.20. The molecule has 0 aliphatic rings. The number of fused-ring (bicyclic) bond motifs is 1. The van der Waals surface area contributed by atoms with E-state index in [2.05, 4.69) is 76.9 Å². The number of aromatic nitrogens is 2. The first-order valence-electron chi connectivity index (χ1n) is 8.63. The fraction of sp³-hybridized carbons (Fsp3) is 0.0455. The van der Waals surface area contributed by atoms with Gasteiger partial charge >= 0.3 is 0 Å². The molecule has 0 spiro atoms. The van der Waals surface area contributed by atoms with Crippen LogP contribution in [-0.2, 0) is 6.54 Å². The molecule has 3 aromatic carbocycles. The molecule has 4 aromatic rings. The van der Waals surface area contributed by atoms with E-state index in [1.165, 1.54) is 11.1 Å². The van der Waals surface area contributed by atoms with E-state index >= 15 is 0 Å². The number of imidazole rings is 1. The van der Waals surface area contributed by atoms with Gasteiger partial charge in [-0.15, -0.1) is 0 Å². The maximum atomic E-state index is 8.50. The first-order chi connectivity index (χ1) is 14.1. The summed E-state index contributed by atoms with van der Waals surface area (Å²) < 4.78 is 4.19. The molecule has 144 valence electrons.